The molecule has 13 heavy (non-hydrogen) atoms. The topological polar surface area (TPSA) is 63.3 Å². The molecule has 0 unspecified atom stereocenters. The predicted octanol–water partition coefficient (Wildman–Crippen LogP) is 1.84. The average molecular weight is 177 g/mol. The van der Waals surface area contributed by atoms with Crippen LogP contribution in [-0.2, 0) is 0 Å². The lowest BCUT2D eigenvalue weighted by molar-refractivity contribution is 0.0695. The fourth-order valence-corrected chi connectivity index (χ4v) is 1.51. The van der Waals surface area contributed by atoms with Gasteiger partial charge in [0.15, 0.2) is 0 Å². The summed E-state index contributed by atoms with van der Waals surface area (Å²) in [6.07, 6.45) is 2.17. The number of nitrogens with two attached hydrogens (primary N) is 1. The van der Waals surface area contributed by atoms with E-state index in [2.05, 4.69) is 0 Å². The number of rotatable bonds is 2. The van der Waals surface area contributed by atoms with Gasteiger partial charge < -0.3 is 10.8 Å². The lowest BCUT2D eigenvalue weighted by atomic mass is 10.0. The summed E-state index contributed by atoms with van der Waals surface area (Å²) in [5, 5.41) is 8.89. The van der Waals surface area contributed by atoms with Gasteiger partial charge in [0, 0.05) is 5.69 Å². The predicted molar refractivity (Wildman–Crippen MR) is 49.8 cm³/mol. The van der Waals surface area contributed by atoms with Gasteiger partial charge in [-0.15, -0.1) is 0 Å². The summed E-state index contributed by atoms with van der Waals surface area (Å²) < 4.78 is 0. The van der Waals surface area contributed by atoms with Gasteiger partial charge in [0.25, 0.3) is 0 Å². The summed E-state index contributed by atoms with van der Waals surface area (Å²) in [6, 6.07) is 5.00. The summed E-state index contributed by atoms with van der Waals surface area (Å²) in [5.74, 6) is -0.434. The fraction of sp³-hybridized carbons (Fsp3) is 0.300. The van der Waals surface area contributed by atoms with E-state index in [0.717, 1.165) is 18.4 Å². The quantitative estimate of drug-likeness (QED) is 0.677. The van der Waals surface area contributed by atoms with Crippen LogP contribution in [0.5, 0.6) is 0 Å². The van der Waals surface area contributed by atoms with E-state index >= 15 is 0 Å². The first-order chi connectivity index (χ1) is 6.18. The second-order valence-corrected chi connectivity index (χ2v) is 3.43. The highest BCUT2D eigenvalue weighted by Crippen LogP contribution is 2.42. The molecule has 2 rings (SSSR count). The van der Waals surface area contributed by atoms with Crippen LogP contribution in [0.15, 0.2) is 18.2 Å². The number of carboxylic acids is 1. The number of hydrogen-bond acceptors (Lipinski definition) is 2. The van der Waals surface area contributed by atoms with Crippen molar-refractivity contribution in [3.8, 4) is 0 Å². The van der Waals surface area contributed by atoms with Gasteiger partial charge in [-0.05, 0) is 42.5 Å². The summed E-state index contributed by atoms with van der Waals surface area (Å²) in [7, 11) is 0. The lowest BCUT2D eigenvalue weighted by Crippen LogP contribution is -2.02. The van der Waals surface area contributed by atoms with Crippen molar-refractivity contribution in [3.05, 3.63) is 29.3 Å². The molecule has 1 fully saturated rings. The minimum atomic E-state index is -0.859. The molecule has 0 radical (unpaired) electrons. The minimum Gasteiger partial charge on any atom is -0.478 e. The fourth-order valence-electron chi connectivity index (χ4n) is 1.51. The van der Waals surface area contributed by atoms with Gasteiger partial charge in [0.05, 0.1) is 5.56 Å². The molecule has 0 aliphatic heterocycles. The molecular formula is C10H11NO2. The van der Waals surface area contributed by atoms with E-state index in [0.29, 0.717) is 17.2 Å². The van der Waals surface area contributed by atoms with Crippen LogP contribution in [0.3, 0.4) is 0 Å². The summed E-state index contributed by atoms with van der Waals surface area (Å²) in [4.78, 5) is 10.8. The zero-order chi connectivity index (χ0) is 9.42. The third kappa shape index (κ3) is 1.49. The Morgan fingerprint density at radius 3 is 2.69 bits per heavy atom. The molecule has 0 amide bonds. The molecule has 0 bridgehead atoms. The number of anilines is 1. The molecule has 1 saturated carbocycles. The van der Waals surface area contributed by atoms with E-state index in [-0.39, 0.29) is 0 Å². The second kappa shape index (κ2) is 2.76. The number of carboxylic acid groups (broad SMARTS) is 1. The molecule has 0 spiro atoms. The van der Waals surface area contributed by atoms with Gasteiger partial charge in [-0.25, -0.2) is 4.79 Å². The Bertz CT molecular complexity index is 356. The van der Waals surface area contributed by atoms with Crippen molar-refractivity contribution < 1.29 is 9.90 Å². The number of nitrogen functional groups attached to an aromatic ring is 1. The van der Waals surface area contributed by atoms with Crippen molar-refractivity contribution in [2.75, 3.05) is 5.73 Å². The number of aromatic carboxylic acids is 1. The van der Waals surface area contributed by atoms with Gasteiger partial charge in [-0.2, -0.15) is 0 Å². The largest absolute Gasteiger partial charge is 0.478 e. The van der Waals surface area contributed by atoms with Crippen molar-refractivity contribution in [2.24, 2.45) is 0 Å². The normalized spacial score (nSPS) is 15.7. The molecule has 1 aliphatic rings. The SMILES string of the molecule is Nc1ccc(C(=O)O)c(C2CC2)c1. The third-order valence-corrected chi connectivity index (χ3v) is 2.32. The molecule has 1 aliphatic carbocycles. The standard InChI is InChI=1S/C10H11NO2/c11-7-3-4-8(10(12)13)9(5-7)6-1-2-6/h3-6H,1-2,11H2,(H,12,13). The van der Waals surface area contributed by atoms with Gasteiger partial charge in [-0.3, -0.25) is 0 Å². The van der Waals surface area contributed by atoms with Crippen molar-refractivity contribution in [1.82, 2.24) is 0 Å². The van der Waals surface area contributed by atoms with Crippen LogP contribution >= 0.6 is 0 Å². The molecule has 0 heterocycles. The Labute approximate surface area is 76.2 Å². The molecule has 68 valence electrons. The van der Waals surface area contributed by atoms with Crippen molar-refractivity contribution in [3.63, 3.8) is 0 Å². The molecule has 0 saturated heterocycles. The number of carbonyl (C=O) groups is 1. The first-order valence-corrected chi connectivity index (χ1v) is 4.31. The van der Waals surface area contributed by atoms with Crippen LogP contribution in [0, 0.1) is 0 Å². The smallest absolute Gasteiger partial charge is 0.335 e. The Kier molecular flexibility index (Phi) is 1.72. The summed E-state index contributed by atoms with van der Waals surface area (Å²) in [5.41, 5.74) is 7.54. The molecule has 3 N–H and O–H groups in total. The zero-order valence-corrected chi connectivity index (χ0v) is 7.16. The zero-order valence-electron chi connectivity index (χ0n) is 7.16. The number of benzene rings is 1. The third-order valence-electron chi connectivity index (χ3n) is 2.32. The maximum Gasteiger partial charge on any atom is 0.335 e. The van der Waals surface area contributed by atoms with E-state index in [1.54, 1.807) is 18.2 Å². The van der Waals surface area contributed by atoms with Gasteiger partial charge in [-0.1, -0.05) is 0 Å². The highest BCUT2D eigenvalue weighted by atomic mass is 16.4. The van der Waals surface area contributed by atoms with E-state index < -0.39 is 5.97 Å². The second-order valence-electron chi connectivity index (χ2n) is 3.43. The van der Waals surface area contributed by atoms with Crippen LogP contribution in [0.25, 0.3) is 0 Å². The molecule has 3 nitrogen and oxygen atoms in total. The van der Waals surface area contributed by atoms with Gasteiger partial charge in [0.1, 0.15) is 0 Å². The van der Waals surface area contributed by atoms with Crippen LogP contribution < -0.4 is 5.73 Å². The van der Waals surface area contributed by atoms with Crippen molar-refractivity contribution in [1.29, 1.82) is 0 Å². The average Bonchev–Trinajstić information content (AvgIpc) is 2.85. The van der Waals surface area contributed by atoms with Gasteiger partial charge >= 0.3 is 5.97 Å². The first-order valence-electron chi connectivity index (χ1n) is 4.31. The Morgan fingerprint density at radius 2 is 2.15 bits per heavy atom. The van der Waals surface area contributed by atoms with E-state index in [4.69, 9.17) is 10.8 Å². The molecule has 0 aromatic heterocycles. The first kappa shape index (κ1) is 8.10. The highest BCUT2D eigenvalue weighted by molar-refractivity contribution is 5.90. The maximum atomic E-state index is 10.8. The molecule has 1 aromatic carbocycles. The summed E-state index contributed by atoms with van der Waals surface area (Å²) >= 11 is 0. The lowest BCUT2D eigenvalue weighted by Gasteiger charge is -2.04. The molecule has 0 atom stereocenters. The van der Waals surface area contributed by atoms with E-state index in [1.807, 2.05) is 0 Å². The number of hydrogen-bond donors (Lipinski definition) is 2. The van der Waals surface area contributed by atoms with Crippen LogP contribution in [0.2, 0.25) is 0 Å². The monoisotopic (exact) mass is 177 g/mol. The molecular weight excluding hydrogens is 166 g/mol. The molecule has 1 aromatic rings. The van der Waals surface area contributed by atoms with Crippen molar-refractivity contribution in [2.45, 2.75) is 18.8 Å². The van der Waals surface area contributed by atoms with Crippen LogP contribution in [0.4, 0.5) is 5.69 Å². The van der Waals surface area contributed by atoms with Crippen LogP contribution in [-0.4, -0.2) is 11.1 Å². The highest BCUT2D eigenvalue weighted by Gasteiger charge is 2.27. The minimum absolute atomic E-state index is 0.400. The maximum absolute atomic E-state index is 10.8. The Morgan fingerprint density at radius 1 is 1.46 bits per heavy atom. The Balaban J connectivity index is 2.47. The molecule has 3 heteroatoms. The summed E-state index contributed by atoms with van der Waals surface area (Å²) in [6.45, 7) is 0. The van der Waals surface area contributed by atoms with E-state index in [9.17, 15) is 4.79 Å². The van der Waals surface area contributed by atoms with E-state index in [1.165, 1.54) is 0 Å². The Hall–Kier alpha value is -1.51. The van der Waals surface area contributed by atoms with Crippen LogP contribution in [0.1, 0.15) is 34.7 Å². The van der Waals surface area contributed by atoms with Gasteiger partial charge in [0.2, 0.25) is 0 Å². The van der Waals surface area contributed by atoms with Crippen molar-refractivity contribution >= 4 is 11.7 Å².